The fourth-order valence-corrected chi connectivity index (χ4v) is 3.70. The van der Waals surface area contributed by atoms with Gasteiger partial charge in [-0.3, -0.25) is 9.78 Å². The standard InChI is InChI=1S/C26H23F3N4O5/c1-3-20-23(17-8-11-21(22(13-17)36-2)38-26(27,28)29)32-33(25(35)37-20)15-16-6-9-19(10-7-16)31-24(34)18-5-4-12-30-14-18/h4-14,20H,3,15H2,1-2H3,(H,31,34). The highest BCUT2D eigenvalue weighted by atomic mass is 19.4. The van der Waals surface area contributed by atoms with Crippen molar-refractivity contribution in [1.29, 1.82) is 0 Å². The van der Waals surface area contributed by atoms with E-state index in [0.717, 1.165) is 11.1 Å². The molecule has 9 nitrogen and oxygen atoms in total. The molecule has 0 fully saturated rings. The predicted octanol–water partition coefficient (Wildman–Crippen LogP) is 5.38. The first-order valence-corrected chi connectivity index (χ1v) is 11.5. The number of halogens is 3. The predicted molar refractivity (Wildman–Crippen MR) is 131 cm³/mol. The largest absolute Gasteiger partial charge is 0.573 e. The van der Waals surface area contributed by atoms with Gasteiger partial charge < -0.3 is 19.5 Å². The van der Waals surface area contributed by atoms with Crippen molar-refractivity contribution in [3.63, 3.8) is 0 Å². The number of aromatic nitrogens is 1. The molecule has 0 radical (unpaired) electrons. The van der Waals surface area contributed by atoms with Gasteiger partial charge in [0.15, 0.2) is 11.5 Å². The van der Waals surface area contributed by atoms with Crippen LogP contribution in [0.3, 0.4) is 0 Å². The third-order valence-electron chi connectivity index (χ3n) is 5.51. The third-order valence-corrected chi connectivity index (χ3v) is 5.51. The SMILES string of the molecule is CCC1OC(=O)N(Cc2ccc(NC(=O)c3cccnc3)cc2)N=C1c1ccc(OC(F)(F)F)c(OC)c1. The number of cyclic esters (lactones) is 1. The Balaban J connectivity index is 1.53. The molecule has 2 heterocycles. The zero-order chi connectivity index (χ0) is 27.3. The van der Waals surface area contributed by atoms with Gasteiger partial charge in [0.05, 0.1) is 19.2 Å². The second-order valence-corrected chi connectivity index (χ2v) is 8.13. The van der Waals surface area contributed by atoms with Crippen LogP contribution in [0.1, 0.15) is 34.8 Å². The number of carbonyl (C=O) groups excluding carboxylic acids is 2. The highest BCUT2D eigenvalue weighted by Crippen LogP contribution is 2.34. The van der Waals surface area contributed by atoms with Gasteiger partial charge in [-0.1, -0.05) is 19.1 Å². The van der Waals surface area contributed by atoms with Gasteiger partial charge in [-0.25, -0.2) is 4.79 Å². The molecule has 0 bridgehead atoms. The monoisotopic (exact) mass is 528 g/mol. The normalized spacial score (nSPS) is 15.4. The topological polar surface area (TPSA) is 102 Å². The molecule has 1 aromatic heterocycles. The number of hydrogen-bond acceptors (Lipinski definition) is 7. The van der Waals surface area contributed by atoms with Crippen LogP contribution in [-0.2, 0) is 11.3 Å². The number of benzene rings is 2. The highest BCUT2D eigenvalue weighted by molar-refractivity contribution is 6.06. The molecular formula is C26H23F3N4O5. The second kappa shape index (κ2) is 11.2. The Morgan fingerprint density at radius 2 is 1.89 bits per heavy atom. The average Bonchev–Trinajstić information content (AvgIpc) is 2.90. The van der Waals surface area contributed by atoms with E-state index in [4.69, 9.17) is 9.47 Å². The van der Waals surface area contributed by atoms with E-state index in [1.807, 2.05) is 0 Å². The van der Waals surface area contributed by atoms with Gasteiger partial charge in [0.1, 0.15) is 11.8 Å². The maximum absolute atomic E-state index is 12.7. The summed E-state index contributed by atoms with van der Waals surface area (Å²) < 4.78 is 52.7. The van der Waals surface area contributed by atoms with Crippen LogP contribution in [-0.4, -0.2) is 47.3 Å². The van der Waals surface area contributed by atoms with Crippen LogP contribution in [0.4, 0.5) is 23.7 Å². The molecule has 198 valence electrons. The summed E-state index contributed by atoms with van der Waals surface area (Å²) in [6, 6.07) is 14.0. The van der Waals surface area contributed by atoms with Crippen LogP contribution in [0.15, 0.2) is 72.1 Å². The van der Waals surface area contributed by atoms with Gasteiger partial charge >= 0.3 is 12.5 Å². The molecular weight excluding hydrogens is 505 g/mol. The minimum atomic E-state index is -4.88. The summed E-state index contributed by atoms with van der Waals surface area (Å²) in [6.45, 7) is 1.85. The van der Waals surface area contributed by atoms with Crippen molar-refractivity contribution in [3.05, 3.63) is 83.7 Å². The van der Waals surface area contributed by atoms with Gasteiger partial charge in [0.25, 0.3) is 5.91 Å². The summed E-state index contributed by atoms with van der Waals surface area (Å²) >= 11 is 0. The van der Waals surface area contributed by atoms with Crippen molar-refractivity contribution in [2.24, 2.45) is 5.10 Å². The van der Waals surface area contributed by atoms with Crippen LogP contribution < -0.4 is 14.8 Å². The molecule has 1 N–H and O–H groups in total. The van der Waals surface area contributed by atoms with Crippen molar-refractivity contribution in [2.75, 3.05) is 12.4 Å². The zero-order valence-corrected chi connectivity index (χ0v) is 20.4. The Morgan fingerprint density at radius 3 is 2.53 bits per heavy atom. The van der Waals surface area contributed by atoms with Crippen molar-refractivity contribution in [2.45, 2.75) is 32.4 Å². The molecule has 4 rings (SSSR count). The number of amides is 2. The lowest BCUT2D eigenvalue weighted by atomic mass is 10.0. The molecule has 0 aliphatic carbocycles. The van der Waals surface area contributed by atoms with E-state index in [-0.39, 0.29) is 18.2 Å². The Bertz CT molecular complexity index is 1330. The van der Waals surface area contributed by atoms with Gasteiger partial charge in [-0.05, 0) is 54.4 Å². The Hall–Kier alpha value is -4.61. The molecule has 2 aromatic carbocycles. The number of nitrogens with zero attached hydrogens (tertiary/aromatic N) is 3. The van der Waals surface area contributed by atoms with E-state index >= 15 is 0 Å². The van der Waals surface area contributed by atoms with Crippen LogP contribution >= 0.6 is 0 Å². The lowest BCUT2D eigenvalue weighted by Gasteiger charge is -2.29. The summed E-state index contributed by atoms with van der Waals surface area (Å²) in [5, 5.41) is 8.34. The fourth-order valence-electron chi connectivity index (χ4n) is 3.70. The minimum absolute atomic E-state index is 0.0575. The number of hydrazone groups is 1. The van der Waals surface area contributed by atoms with Gasteiger partial charge in [0.2, 0.25) is 0 Å². The summed E-state index contributed by atoms with van der Waals surface area (Å²) in [6.07, 6.45) is -2.83. The van der Waals surface area contributed by atoms with Crippen molar-refractivity contribution in [1.82, 2.24) is 9.99 Å². The van der Waals surface area contributed by atoms with Gasteiger partial charge in [-0.15, -0.1) is 13.2 Å². The molecule has 0 spiro atoms. The first-order valence-electron chi connectivity index (χ1n) is 11.5. The number of anilines is 1. The van der Waals surface area contributed by atoms with Gasteiger partial charge in [0, 0.05) is 23.6 Å². The van der Waals surface area contributed by atoms with E-state index < -0.39 is 24.3 Å². The number of rotatable bonds is 8. The molecule has 0 saturated carbocycles. The Kier molecular flexibility index (Phi) is 7.79. The van der Waals surface area contributed by atoms with E-state index in [1.165, 1.54) is 25.4 Å². The number of methoxy groups -OCH3 is 1. The number of nitrogens with one attached hydrogen (secondary N) is 1. The van der Waals surface area contributed by atoms with Crippen LogP contribution in [0.2, 0.25) is 0 Å². The quantitative estimate of drug-likeness (QED) is 0.422. The summed E-state index contributed by atoms with van der Waals surface area (Å²) in [7, 11) is 1.22. The number of hydrogen-bond donors (Lipinski definition) is 1. The molecule has 1 atom stereocenters. The molecule has 12 heteroatoms. The van der Waals surface area contributed by atoms with Crippen molar-refractivity contribution >= 4 is 23.4 Å². The fraction of sp³-hybridized carbons (Fsp3) is 0.231. The molecule has 3 aromatic rings. The van der Waals surface area contributed by atoms with Crippen molar-refractivity contribution in [3.8, 4) is 11.5 Å². The highest BCUT2D eigenvalue weighted by Gasteiger charge is 2.34. The number of pyridine rings is 1. The molecule has 2 amide bonds. The number of ether oxygens (including phenoxy) is 3. The van der Waals surface area contributed by atoms with E-state index in [0.29, 0.717) is 34.5 Å². The number of carbonyl (C=O) groups is 2. The maximum Gasteiger partial charge on any atom is 0.573 e. The van der Waals surface area contributed by atoms with Crippen molar-refractivity contribution < 1.29 is 37.0 Å². The summed E-state index contributed by atoms with van der Waals surface area (Å²) in [5.74, 6) is -0.963. The first kappa shape index (κ1) is 26.5. The molecule has 1 aliphatic heterocycles. The molecule has 38 heavy (non-hydrogen) atoms. The van der Waals surface area contributed by atoms with Crippen LogP contribution in [0.5, 0.6) is 11.5 Å². The molecule has 1 unspecified atom stereocenters. The Labute approximate surface area is 215 Å². The van der Waals surface area contributed by atoms with Crippen LogP contribution in [0.25, 0.3) is 0 Å². The minimum Gasteiger partial charge on any atom is -0.493 e. The Morgan fingerprint density at radius 1 is 1.13 bits per heavy atom. The first-order chi connectivity index (χ1) is 18.2. The second-order valence-electron chi connectivity index (χ2n) is 8.13. The average molecular weight is 528 g/mol. The van der Waals surface area contributed by atoms with E-state index in [9.17, 15) is 22.8 Å². The molecule has 0 saturated heterocycles. The molecule has 1 aliphatic rings. The smallest absolute Gasteiger partial charge is 0.493 e. The summed E-state index contributed by atoms with van der Waals surface area (Å²) in [5.41, 5.74) is 2.42. The van der Waals surface area contributed by atoms with E-state index in [2.05, 4.69) is 20.1 Å². The van der Waals surface area contributed by atoms with Gasteiger partial charge in [-0.2, -0.15) is 10.1 Å². The zero-order valence-electron chi connectivity index (χ0n) is 20.4. The lowest BCUT2D eigenvalue weighted by molar-refractivity contribution is -0.275. The third kappa shape index (κ3) is 6.38. The lowest BCUT2D eigenvalue weighted by Crippen LogP contribution is -2.41. The number of alkyl halides is 3. The van der Waals surface area contributed by atoms with Crippen LogP contribution in [0, 0.1) is 0 Å². The van der Waals surface area contributed by atoms with E-state index in [1.54, 1.807) is 49.5 Å². The maximum atomic E-state index is 12.7. The summed E-state index contributed by atoms with van der Waals surface area (Å²) in [4.78, 5) is 28.8.